The van der Waals surface area contributed by atoms with E-state index >= 15 is 0 Å². The van der Waals surface area contributed by atoms with Gasteiger partial charge in [0.25, 0.3) is 0 Å². The van der Waals surface area contributed by atoms with Crippen molar-refractivity contribution in [3.8, 4) is 0 Å². The van der Waals surface area contributed by atoms with E-state index in [1.54, 1.807) is 0 Å². The van der Waals surface area contributed by atoms with E-state index < -0.39 is 97.5 Å². The molecular formula is C83H142O17P2. The quantitative estimate of drug-likeness (QED) is 0.0169. The lowest BCUT2D eigenvalue weighted by molar-refractivity contribution is -0.161. The fraction of sp³-hybridized carbons (Fsp3) is 0.711. The standard InChI is InChI=1S/C83H142O17P2/c1-5-9-13-17-21-25-29-33-36-37-38-39-42-44-48-52-56-60-64-68-81(86)94-74-79(100-83(88)70-66-62-58-54-50-46-41-35-31-27-23-19-15-11-7-3)76-98-102(91,92)96-72-77(84)71-95-101(89,90)97-75-78(73-93-80(85)67-63-59-55-51-47-43-32-28-24-20-16-12-8-4)99-82(87)69-65-61-57-53-49-45-40-34-30-26-22-18-14-10-6-2/h9,13,21-23,25-27,33-36,38-41,44,48,56,60,77-79,84H,5-8,10-12,14-20,24,28-32,37,42-43,45-47,49-55,57-59,61-76H2,1-4H3,(H,89,90)(H,91,92)/b13-9-,25-21-,26-22-,27-23-,36-33-,39-38-,40-34-,41-35-,48-44-,60-56-/t77-,78+,79+/m0/s1. The molecule has 0 amide bonds. The minimum Gasteiger partial charge on any atom is -0.462 e. The molecule has 3 N–H and O–H groups in total. The molecule has 0 saturated heterocycles. The molecule has 19 heteroatoms. The number of rotatable bonds is 74. The van der Waals surface area contributed by atoms with Crippen LogP contribution in [0, 0.1) is 0 Å². The summed E-state index contributed by atoms with van der Waals surface area (Å²) < 4.78 is 68.5. The molecule has 586 valence electrons. The van der Waals surface area contributed by atoms with Crippen LogP contribution in [-0.4, -0.2) is 96.7 Å². The lowest BCUT2D eigenvalue weighted by atomic mass is 10.0. The third kappa shape index (κ3) is 73.8. The van der Waals surface area contributed by atoms with Gasteiger partial charge in [0.15, 0.2) is 12.2 Å². The summed E-state index contributed by atoms with van der Waals surface area (Å²) in [4.78, 5) is 72.9. The Morgan fingerprint density at radius 1 is 0.284 bits per heavy atom. The predicted octanol–water partition coefficient (Wildman–Crippen LogP) is 23.1. The Balaban J connectivity index is 5.44. The number of ether oxygens (including phenoxy) is 4. The number of carbonyl (C=O) groups excluding carboxylic acids is 4. The van der Waals surface area contributed by atoms with E-state index in [9.17, 15) is 43.2 Å². The molecular weight excluding hydrogens is 1330 g/mol. The van der Waals surface area contributed by atoms with Gasteiger partial charge in [-0.15, -0.1) is 0 Å². The lowest BCUT2D eigenvalue weighted by Crippen LogP contribution is -2.30. The van der Waals surface area contributed by atoms with Gasteiger partial charge in [-0.25, -0.2) is 9.13 Å². The van der Waals surface area contributed by atoms with Crippen LogP contribution in [0.25, 0.3) is 0 Å². The van der Waals surface area contributed by atoms with Gasteiger partial charge in [-0.05, 0) is 128 Å². The van der Waals surface area contributed by atoms with Crippen molar-refractivity contribution in [3.63, 3.8) is 0 Å². The van der Waals surface area contributed by atoms with Crippen LogP contribution in [0.2, 0.25) is 0 Å². The van der Waals surface area contributed by atoms with E-state index in [4.69, 9.17) is 37.0 Å². The number of unbranched alkanes of at least 4 members (excludes halogenated alkanes) is 28. The maximum absolute atomic E-state index is 13.1. The van der Waals surface area contributed by atoms with Crippen LogP contribution in [0.5, 0.6) is 0 Å². The van der Waals surface area contributed by atoms with Gasteiger partial charge in [0.2, 0.25) is 0 Å². The van der Waals surface area contributed by atoms with Gasteiger partial charge in [-0.1, -0.05) is 290 Å². The Labute approximate surface area is 619 Å². The van der Waals surface area contributed by atoms with Crippen LogP contribution in [-0.2, 0) is 65.4 Å². The molecule has 102 heavy (non-hydrogen) atoms. The van der Waals surface area contributed by atoms with Crippen LogP contribution >= 0.6 is 15.6 Å². The summed E-state index contributed by atoms with van der Waals surface area (Å²) in [6.45, 7) is 4.61. The van der Waals surface area contributed by atoms with Crippen molar-refractivity contribution >= 4 is 39.5 Å². The summed E-state index contributed by atoms with van der Waals surface area (Å²) in [5.41, 5.74) is 0. The molecule has 0 aliphatic carbocycles. The Bertz CT molecular complexity index is 2410. The molecule has 0 fully saturated rings. The van der Waals surface area contributed by atoms with Crippen molar-refractivity contribution in [2.24, 2.45) is 0 Å². The summed E-state index contributed by atoms with van der Waals surface area (Å²) in [7, 11) is -9.98. The fourth-order valence-electron chi connectivity index (χ4n) is 10.4. The first kappa shape index (κ1) is 97.5. The van der Waals surface area contributed by atoms with Crippen molar-refractivity contribution < 1.29 is 80.2 Å². The van der Waals surface area contributed by atoms with Crippen LogP contribution in [0.1, 0.15) is 323 Å². The van der Waals surface area contributed by atoms with E-state index in [2.05, 4.69) is 131 Å². The first-order valence-electron chi connectivity index (χ1n) is 39.8. The molecule has 0 saturated carbocycles. The zero-order chi connectivity index (χ0) is 74.6. The number of aliphatic hydroxyl groups is 1. The Kier molecular flexibility index (Phi) is 71.4. The van der Waals surface area contributed by atoms with Crippen LogP contribution in [0.15, 0.2) is 122 Å². The van der Waals surface area contributed by atoms with Crippen molar-refractivity contribution in [2.75, 3.05) is 39.6 Å². The highest BCUT2D eigenvalue weighted by Crippen LogP contribution is 2.45. The smallest absolute Gasteiger partial charge is 0.462 e. The van der Waals surface area contributed by atoms with E-state index in [1.807, 2.05) is 18.2 Å². The van der Waals surface area contributed by atoms with Gasteiger partial charge >= 0.3 is 39.5 Å². The first-order chi connectivity index (χ1) is 49.7. The summed E-state index contributed by atoms with van der Waals surface area (Å²) in [6.07, 6.45) is 81.9. The summed E-state index contributed by atoms with van der Waals surface area (Å²) in [5, 5.41) is 10.6. The van der Waals surface area contributed by atoms with E-state index in [-0.39, 0.29) is 25.7 Å². The average molecular weight is 1470 g/mol. The zero-order valence-electron chi connectivity index (χ0n) is 64.0. The highest BCUT2D eigenvalue weighted by atomic mass is 31.2. The number of carbonyl (C=O) groups is 4. The molecule has 0 radical (unpaired) electrons. The van der Waals surface area contributed by atoms with Crippen molar-refractivity contribution in [3.05, 3.63) is 122 Å². The van der Waals surface area contributed by atoms with E-state index in [0.29, 0.717) is 32.1 Å². The monoisotopic (exact) mass is 1470 g/mol. The fourth-order valence-corrected chi connectivity index (χ4v) is 11.9. The third-order valence-electron chi connectivity index (χ3n) is 16.4. The summed E-state index contributed by atoms with van der Waals surface area (Å²) >= 11 is 0. The average Bonchev–Trinajstić information content (AvgIpc) is 0.920. The van der Waals surface area contributed by atoms with Crippen LogP contribution in [0.4, 0.5) is 0 Å². The first-order valence-corrected chi connectivity index (χ1v) is 42.8. The molecule has 5 atom stereocenters. The van der Waals surface area contributed by atoms with Crippen molar-refractivity contribution in [2.45, 2.75) is 341 Å². The highest BCUT2D eigenvalue weighted by molar-refractivity contribution is 7.47. The topological polar surface area (TPSA) is 237 Å². The lowest BCUT2D eigenvalue weighted by Gasteiger charge is -2.21. The van der Waals surface area contributed by atoms with Gasteiger partial charge < -0.3 is 33.8 Å². The number of allylic oxidation sites excluding steroid dienone is 20. The summed E-state index contributed by atoms with van der Waals surface area (Å²) in [6, 6.07) is 0. The molecule has 0 aromatic heterocycles. The molecule has 2 unspecified atom stereocenters. The molecule has 0 rings (SSSR count). The minimum atomic E-state index is -5.00. The van der Waals surface area contributed by atoms with Crippen LogP contribution < -0.4 is 0 Å². The molecule has 0 aromatic rings. The maximum Gasteiger partial charge on any atom is 0.472 e. The third-order valence-corrected chi connectivity index (χ3v) is 18.3. The molecule has 0 heterocycles. The molecule has 17 nitrogen and oxygen atoms in total. The summed E-state index contributed by atoms with van der Waals surface area (Å²) in [5.74, 6) is -2.29. The number of aliphatic hydroxyl groups excluding tert-OH is 1. The molecule has 0 bridgehead atoms. The SMILES string of the molecule is CC/C=C\C/C=C\C/C=C\C/C=C\C/C=C\C/C=C\CCC(=O)OC[C@H](COP(=O)(O)OC[C@@H](O)COP(=O)(O)OC[C@@H](COC(=O)CCCCCCCCCCCCCCC)OC(=O)CCCCCCC/C=C\C/C=C\CCCCC)OC(=O)CCCCCCC/C=C\C/C=C\CCCCC. The second-order valence-corrected chi connectivity index (χ2v) is 29.2. The normalized spacial score (nSPS) is 14.5. The van der Waals surface area contributed by atoms with Crippen molar-refractivity contribution in [1.29, 1.82) is 0 Å². The second kappa shape index (κ2) is 74.7. The minimum absolute atomic E-state index is 0.0310. The molecule has 0 spiro atoms. The Morgan fingerprint density at radius 3 is 0.863 bits per heavy atom. The number of hydrogen-bond donors (Lipinski definition) is 3. The van der Waals surface area contributed by atoms with Gasteiger partial charge in [0, 0.05) is 25.7 Å². The zero-order valence-corrected chi connectivity index (χ0v) is 65.8. The molecule has 0 aliphatic heterocycles. The van der Waals surface area contributed by atoms with E-state index in [0.717, 1.165) is 141 Å². The largest absolute Gasteiger partial charge is 0.472 e. The van der Waals surface area contributed by atoms with Gasteiger partial charge in [-0.2, -0.15) is 0 Å². The predicted molar refractivity (Wildman–Crippen MR) is 418 cm³/mol. The van der Waals surface area contributed by atoms with Gasteiger partial charge in [-0.3, -0.25) is 37.3 Å². The van der Waals surface area contributed by atoms with Crippen LogP contribution in [0.3, 0.4) is 0 Å². The number of esters is 4. The Hall–Kier alpha value is -4.54. The van der Waals surface area contributed by atoms with Gasteiger partial charge in [0.05, 0.1) is 26.4 Å². The number of hydrogen-bond acceptors (Lipinski definition) is 15. The maximum atomic E-state index is 13.1. The van der Waals surface area contributed by atoms with E-state index in [1.165, 1.54) is 96.3 Å². The van der Waals surface area contributed by atoms with Crippen molar-refractivity contribution in [1.82, 2.24) is 0 Å². The van der Waals surface area contributed by atoms with Gasteiger partial charge in [0.1, 0.15) is 19.3 Å². The highest BCUT2D eigenvalue weighted by Gasteiger charge is 2.30. The second-order valence-electron chi connectivity index (χ2n) is 26.3. The molecule has 0 aliphatic rings. The molecule has 0 aromatic carbocycles. The number of phosphoric ester groups is 2. The number of phosphoric acid groups is 2. The Morgan fingerprint density at radius 2 is 0.529 bits per heavy atom.